The number of hydrogen-bond donors (Lipinski definition) is 1. The fourth-order valence-corrected chi connectivity index (χ4v) is 2.79. The van der Waals surface area contributed by atoms with Crippen LogP contribution in [-0.4, -0.2) is 6.04 Å². The highest BCUT2D eigenvalue weighted by Gasteiger charge is 2.20. The quantitative estimate of drug-likeness (QED) is 0.915. The molecule has 2 rings (SSSR count). The maximum absolute atomic E-state index is 13.2. The summed E-state index contributed by atoms with van der Waals surface area (Å²) >= 11 is 4.92. The molecule has 0 amide bonds. The van der Waals surface area contributed by atoms with Crippen LogP contribution >= 0.6 is 27.3 Å². The monoisotopic (exact) mass is 329 g/mol. The molecule has 2 N–H and O–H groups in total. The normalized spacial score (nSPS) is 14.2. The summed E-state index contributed by atoms with van der Waals surface area (Å²) in [5, 5.41) is 1.97. The van der Waals surface area contributed by atoms with Crippen molar-refractivity contribution in [3.63, 3.8) is 0 Å². The summed E-state index contributed by atoms with van der Waals surface area (Å²) in [5.41, 5.74) is 5.94. The molecule has 0 aliphatic rings. The molecule has 2 atom stereocenters. The minimum absolute atomic E-state index is 0.182. The van der Waals surface area contributed by atoms with Crippen LogP contribution in [0.25, 0.3) is 0 Å². The Kier molecular flexibility index (Phi) is 4.37. The minimum Gasteiger partial charge on any atom is -0.482 e. The molecule has 0 spiro atoms. The largest absolute Gasteiger partial charge is 0.482 e. The summed E-state index contributed by atoms with van der Waals surface area (Å²) in [7, 11) is 0. The molecule has 1 heterocycles. The Labute approximate surface area is 118 Å². The molecule has 0 aliphatic carbocycles. The van der Waals surface area contributed by atoms with Crippen LogP contribution in [0.3, 0.4) is 0 Å². The van der Waals surface area contributed by atoms with Crippen molar-refractivity contribution in [1.29, 1.82) is 0 Å². The molecule has 2 aromatic rings. The zero-order valence-electron chi connectivity index (χ0n) is 9.77. The number of benzene rings is 1. The lowest BCUT2D eigenvalue weighted by Crippen LogP contribution is -2.28. The summed E-state index contributed by atoms with van der Waals surface area (Å²) < 4.78 is 19.8. The number of nitrogens with two attached hydrogens (primary N) is 1. The SMILES string of the molecule is CC(N)C(Oc1cc(F)ccc1Br)c1cccs1. The summed E-state index contributed by atoms with van der Waals surface area (Å²) in [5.74, 6) is 0.133. The van der Waals surface area contributed by atoms with E-state index < -0.39 is 0 Å². The van der Waals surface area contributed by atoms with Crippen molar-refractivity contribution in [1.82, 2.24) is 0 Å². The van der Waals surface area contributed by atoms with Gasteiger partial charge in [0.15, 0.2) is 0 Å². The summed E-state index contributed by atoms with van der Waals surface area (Å²) in [6, 6.07) is 8.08. The van der Waals surface area contributed by atoms with Gasteiger partial charge in [-0.05, 0) is 46.4 Å². The van der Waals surface area contributed by atoms with Crippen LogP contribution in [0, 0.1) is 5.82 Å². The lowest BCUT2D eigenvalue weighted by atomic mass is 10.1. The van der Waals surface area contributed by atoms with Crippen LogP contribution in [0.5, 0.6) is 5.75 Å². The third-order valence-electron chi connectivity index (χ3n) is 2.45. The van der Waals surface area contributed by atoms with Gasteiger partial charge in [0.1, 0.15) is 17.7 Å². The molecule has 1 aromatic heterocycles. The Morgan fingerprint density at radius 1 is 1.39 bits per heavy atom. The van der Waals surface area contributed by atoms with Crippen molar-refractivity contribution in [2.75, 3.05) is 0 Å². The molecule has 18 heavy (non-hydrogen) atoms. The average Bonchev–Trinajstić information content (AvgIpc) is 2.83. The summed E-state index contributed by atoms with van der Waals surface area (Å²) in [4.78, 5) is 1.03. The van der Waals surface area contributed by atoms with Crippen LogP contribution in [-0.2, 0) is 0 Å². The van der Waals surface area contributed by atoms with Gasteiger partial charge in [0.25, 0.3) is 0 Å². The Hall–Kier alpha value is -0.910. The van der Waals surface area contributed by atoms with Crippen LogP contribution in [0.15, 0.2) is 40.2 Å². The van der Waals surface area contributed by atoms with Crippen molar-refractivity contribution in [2.24, 2.45) is 5.73 Å². The number of halogens is 2. The van der Waals surface area contributed by atoms with Gasteiger partial charge < -0.3 is 10.5 Å². The van der Waals surface area contributed by atoms with Crippen molar-refractivity contribution >= 4 is 27.3 Å². The molecule has 96 valence electrons. The minimum atomic E-state index is -0.331. The maximum Gasteiger partial charge on any atom is 0.148 e. The molecule has 0 fully saturated rings. The van der Waals surface area contributed by atoms with Crippen molar-refractivity contribution < 1.29 is 9.13 Å². The van der Waals surface area contributed by atoms with Gasteiger partial charge in [-0.3, -0.25) is 0 Å². The highest BCUT2D eigenvalue weighted by molar-refractivity contribution is 9.10. The molecule has 0 aliphatic heterocycles. The van der Waals surface area contributed by atoms with Gasteiger partial charge >= 0.3 is 0 Å². The van der Waals surface area contributed by atoms with E-state index in [2.05, 4.69) is 15.9 Å². The standard InChI is InChI=1S/C13H13BrFNOS/c1-8(16)13(12-3-2-6-18-12)17-11-7-9(15)4-5-10(11)14/h2-8,13H,16H2,1H3. The summed E-state index contributed by atoms with van der Waals surface area (Å²) in [6.45, 7) is 1.87. The van der Waals surface area contributed by atoms with E-state index >= 15 is 0 Å². The molecule has 5 heteroatoms. The highest BCUT2D eigenvalue weighted by atomic mass is 79.9. The molecular formula is C13H13BrFNOS. The van der Waals surface area contributed by atoms with E-state index in [1.165, 1.54) is 12.1 Å². The first-order valence-corrected chi connectivity index (χ1v) is 7.16. The average molecular weight is 330 g/mol. The third-order valence-corrected chi connectivity index (χ3v) is 4.04. The molecule has 0 radical (unpaired) electrons. The van der Waals surface area contributed by atoms with Crippen LogP contribution in [0.2, 0.25) is 0 Å². The predicted octanol–water partition coefficient (Wildman–Crippen LogP) is 4.12. The van der Waals surface area contributed by atoms with E-state index in [1.54, 1.807) is 17.4 Å². The van der Waals surface area contributed by atoms with E-state index in [9.17, 15) is 4.39 Å². The second-order valence-corrected chi connectivity index (χ2v) is 5.82. The molecule has 2 unspecified atom stereocenters. The Morgan fingerprint density at radius 3 is 2.78 bits per heavy atom. The maximum atomic E-state index is 13.2. The number of hydrogen-bond acceptors (Lipinski definition) is 3. The first-order valence-electron chi connectivity index (χ1n) is 5.48. The Balaban J connectivity index is 2.27. The van der Waals surface area contributed by atoms with Gasteiger partial charge in [0.05, 0.1) is 4.47 Å². The number of ether oxygens (including phenoxy) is 1. The third kappa shape index (κ3) is 3.10. The molecule has 2 nitrogen and oxygen atoms in total. The molecule has 1 aromatic carbocycles. The first kappa shape index (κ1) is 13.5. The zero-order chi connectivity index (χ0) is 13.1. The first-order chi connectivity index (χ1) is 8.58. The van der Waals surface area contributed by atoms with E-state index in [1.807, 2.05) is 24.4 Å². The van der Waals surface area contributed by atoms with Gasteiger partial charge in [0, 0.05) is 17.0 Å². The van der Waals surface area contributed by atoms with Crippen LogP contribution < -0.4 is 10.5 Å². The van der Waals surface area contributed by atoms with Gasteiger partial charge in [-0.15, -0.1) is 11.3 Å². The van der Waals surface area contributed by atoms with Gasteiger partial charge in [-0.1, -0.05) is 6.07 Å². The molecular weight excluding hydrogens is 317 g/mol. The summed E-state index contributed by atoms with van der Waals surface area (Å²) in [6.07, 6.45) is -0.275. The van der Waals surface area contributed by atoms with E-state index in [4.69, 9.17) is 10.5 Å². The van der Waals surface area contributed by atoms with Crippen molar-refractivity contribution in [2.45, 2.75) is 19.1 Å². The van der Waals surface area contributed by atoms with Crippen LogP contribution in [0.1, 0.15) is 17.9 Å². The molecule has 0 saturated carbocycles. The fraction of sp³-hybridized carbons (Fsp3) is 0.231. The lowest BCUT2D eigenvalue weighted by Gasteiger charge is -2.22. The van der Waals surface area contributed by atoms with E-state index in [0.29, 0.717) is 10.2 Å². The Bertz CT molecular complexity index is 516. The highest BCUT2D eigenvalue weighted by Crippen LogP contribution is 2.32. The number of thiophene rings is 1. The van der Waals surface area contributed by atoms with Gasteiger partial charge in [-0.2, -0.15) is 0 Å². The van der Waals surface area contributed by atoms with Gasteiger partial charge in [0.2, 0.25) is 0 Å². The smallest absolute Gasteiger partial charge is 0.148 e. The van der Waals surface area contributed by atoms with E-state index in [0.717, 1.165) is 4.88 Å². The lowest BCUT2D eigenvalue weighted by molar-refractivity contribution is 0.182. The van der Waals surface area contributed by atoms with Crippen LogP contribution in [0.4, 0.5) is 4.39 Å². The van der Waals surface area contributed by atoms with Crippen molar-refractivity contribution in [3.8, 4) is 5.75 Å². The molecule has 0 saturated heterocycles. The topological polar surface area (TPSA) is 35.2 Å². The second kappa shape index (κ2) is 5.82. The predicted molar refractivity (Wildman–Crippen MR) is 75.4 cm³/mol. The Morgan fingerprint density at radius 2 is 2.17 bits per heavy atom. The zero-order valence-corrected chi connectivity index (χ0v) is 12.2. The molecule has 0 bridgehead atoms. The van der Waals surface area contributed by atoms with Crippen molar-refractivity contribution in [3.05, 3.63) is 50.9 Å². The second-order valence-electron chi connectivity index (χ2n) is 3.99. The van der Waals surface area contributed by atoms with Gasteiger partial charge in [-0.25, -0.2) is 4.39 Å². The fourth-order valence-electron chi connectivity index (χ4n) is 1.58. The number of rotatable bonds is 4. The van der Waals surface area contributed by atoms with E-state index in [-0.39, 0.29) is 18.0 Å².